The lowest BCUT2D eigenvalue weighted by Gasteiger charge is -2.27. The van der Waals surface area contributed by atoms with E-state index in [-0.39, 0.29) is 0 Å². The molecule has 0 bridgehead atoms. The number of aromatic nitrogens is 1. The maximum Gasteiger partial charge on any atom is 0.227 e. The molecule has 0 saturated heterocycles. The van der Waals surface area contributed by atoms with E-state index in [9.17, 15) is 0 Å². The predicted octanol–water partition coefficient (Wildman–Crippen LogP) is 13.1. The fourth-order valence-corrected chi connectivity index (χ4v) is 6.86. The third-order valence-electron chi connectivity index (χ3n) is 9.29. The molecule has 50 heavy (non-hydrogen) atoms. The molecule has 1 heterocycles. The Morgan fingerprint density at radius 3 is 1.74 bits per heavy atom. The molecular formula is C47H32N2O. The molecular weight excluding hydrogens is 609 g/mol. The van der Waals surface area contributed by atoms with Crippen LogP contribution in [-0.4, -0.2) is 4.98 Å². The van der Waals surface area contributed by atoms with Gasteiger partial charge in [0.05, 0.1) is 0 Å². The zero-order valence-corrected chi connectivity index (χ0v) is 27.3. The SMILES string of the molecule is c1ccc(-c2cccc(N(c3ccc(-c4cccc5nc(-c6ccccc6)oc45)cc3)c3cccc(-c4cccc5ccccc45)c3)c2)cc1. The first-order valence-electron chi connectivity index (χ1n) is 16.9. The molecule has 0 amide bonds. The number of anilines is 3. The Morgan fingerprint density at radius 2 is 0.960 bits per heavy atom. The van der Waals surface area contributed by atoms with Gasteiger partial charge in [-0.15, -0.1) is 0 Å². The first-order chi connectivity index (χ1) is 24.8. The van der Waals surface area contributed by atoms with Gasteiger partial charge >= 0.3 is 0 Å². The summed E-state index contributed by atoms with van der Waals surface area (Å²) in [6.07, 6.45) is 0. The molecule has 3 heteroatoms. The van der Waals surface area contributed by atoms with Gasteiger partial charge in [0, 0.05) is 28.2 Å². The number of nitrogens with zero attached hydrogens (tertiary/aromatic N) is 2. The second kappa shape index (κ2) is 12.7. The minimum atomic E-state index is 0.625. The van der Waals surface area contributed by atoms with Gasteiger partial charge in [0.15, 0.2) is 5.58 Å². The van der Waals surface area contributed by atoms with E-state index in [2.05, 4.69) is 157 Å². The van der Waals surface area contributed by atoms with Crippen molar-refractivity contribution in [2.75, 3.05) is 4.90 Å². The largest absolute Gasteiger partial charge is 0.435 e. The molecule has 1 aromatic heterocycles. The monoisotopic (exact) mass is 640 g/mol. The van der Waals surface area contributed by atoms with Crippen molar-refractivity contribution in [3.8, 4) is 44.8 Å². The van der Waals surface area contributed by atoms with Crippen LogP contribution in [0.5, 0.6) is 0 Å². The zero-order valence-electron chi connectivity index (χ0n) is 27.3. The molecule has 8 aromatic carbocycles. The zero-order chi connectivity index (χ0) is 33.3. The Hall–Kier alpha value is -6.71. The van der Waals surface area contributed by atoms with Crippen LogP contribution in [0.25, 0.3) is 66.7 Å². The fraction of sp³-hybridized carbons (Fsp3) is 0. The van der Waals surface area contributed by atoms with Gasteiger partial charge in [-0.3, -0.25) is 0 Å². The summed E-state index contributed by atoms with van der Waals surface area (Å²) in [5, 5.41) is 2.47. The third-order valence-corrected chi connectivity index (χ3v) is 9.29. The lowest BCUT2D eigenvalue weighted by Crippen LogP contribution is -2.10. The highest BCUT2D eigenvalue weighted by Crippen LogP contribution is 2.40. The summed E-state index contributed by atoms with van der Waals surface area (Å²) in [7, 11) is 0. The number of benzene rings is 8. The van der Waals surface area contributed by atoms with Gasteiger partial charge in [-0.25, -0.2) is 4.98 Å². The van der Waals surface area contributed by atoms with Crippen molar-refractivity contribution in [1.29, 1.82) is 0 Å². The molecule has 0 fully saturated rings. The Labute approximate surface area is 291 Å². The number of rotatable bonds is 7. The number of hydrogen-bond acceptors (Lipinski definition) is 3. The third kappa shape index (κ3) is 5.51. The summed E-state index contributed by atoms with van der Waals surface area (Å²) < 4.78 is 6.38. The van der Waals surface area contributed by atoms with Crippen molar-refractivity contribution in [3.05, 3.63) is 194 Å². The summed E-state index contributed by atoms with van der Waals surface area (Å²) >= 11 is 0. The average Bonchev–Trinajstić information content (AvgIpc) is 3.64. The van der Waals surface area contributed by atoms with Gasteiger partial charge in [-0.1, -0.05) is 140 Å². The number of para-hydroxylation sites is 1. The molecule has 0 radical (unpaired) electrons. The van der Waals surface area contributed by atoms with E-state index >= 15 is 0 Å². The van der Waals surface area contributed by atoms with Crippen molar-refractivity contribution in [2.24, 2.45) is 0 Å². The molecule has 0 saturated carbocycles. The molecule has 0 aliphatic rings. The molecule has 0 N–H and O–H groups in total. The summed E-state index contributed by atoms with van der Waals surface area (Å²) in [5.41, 5.74) is 12.6. The van der Waals surface area contributed by atoms with Gasteiger partial charge in [-0.05, 0) is 93.2 Å². The smallest absolute Gasteiger partial charge is 0.227 e. The van der Waals surface area contributed by atoms with E-state index in [4.69, 9.17) is 9.40 Å². The van der Waals surface area contributed by atoms with Crippen LogP contribution in [0.2, 0.25) is 0 Å². The average molecular weight is 641 g/mol. The van der Waals surface area contributed by atoms with Crippen LogP contribution in [0.3, 0.4) is 0 Å². The lowest BCUT2D eigenvalue weighted by molar-refractivity contribution is 0.621. The van der Waals surface area contributed by atoms with Crippen LogP contribution in [0.15, 0.2) is 199 Å². The molecule has 0 unspecified atom stereocenters. The number of fused-ring (bicyclic) bond motifs is 2. The van der Waals surface area contributed by atoms with Gasteiger partial charge in [0.2, 0.25) is 5.89 Å². The summed E-state index contributed by atoms with van der Waals surface area (Å²) in [6, 6.07) is 68.2. The van der Waals surface area contributed by atoms with E-state index in [0.29, 0.717) is 5.89 Å². The number of hydrogen-bond donors (Lipinski definition) is 0. The quantitative estimate of drug-likeness (QED) is 0.174. The molecule has 9 aromatic rings. The minimum absolute atomic E-state index is 0.625. The Balaban J connectivity index is 1.15. The Bertz CT molecular complexity index is 2580. The number of oxazole rings is 1. The van der Waals surface area contributed by atoms with Crippen molar-refractivity contribution >= 4 is 38.9 Å². The lowest BCUT2D eigenvalue weighted by atomic mass is 9.97. The molecule has 3 nitrogen and oxygen atoms in total. The molecule has 0 atom stereocenters. The normalized spacial score (nSPS) is 11.2. The molecule has 0 aliphatic carbocycles. The van der Waals surface area contributed by atoms with Crippen LogP contribution in [0.4, 0.5) is 17.1 Å². The van der Waals surface area contributed by atoms with Crippen LogP contribution in [0, 0.1) is 0 Å². The summed E-state index contributed by atoms with van der Waals surface area (Å²) in [6.45, 7) is 0. The van der Waals surface area contributed by atoms with Crippen molar-refractivity contribution < 1.29 is 4.42 Å². The van der Waals surface area contributed by atoms with E-state index < -0.39 is 0 Å². The summed E-state index contributed by atoms with van der Waals surface area (Å²) in [4.78, 5) is 7.15. The highest BCUT2D eigenvalue weighted by Gasteiger charge is 2.17. The van der Waals surface area contributed by atoms with E-state index in [1.165, 1.54) is 33.0 Å². The van der Waals surface area contributed by atoms with Crippen LogP contribution < -0.4 is 4.90 Å². The Kier molecular flexibility index (Phi) is 7.49. The van der Waals surface area contributed by atoms with Crippen molar-refractivity contribution in [1.82, 2.24) is 4.98 Å². The highest BCUT2D eigenvalue weighted by molar-refractivity contribution is 5.98. The highest BCUT2D eigenvalue weighted by atomic mass is 16.3. The first kappa shape index (κ1) is 29.4. The summed E-state index contributed by atoms with van der Waals surface area (Å²) in [5.74, 6) is 0.625. The van der Waals surface area contributed by atoms with Crippen LogP contribution in [0.1, 0.15) is 0 Å². The molecule has 0 aliphatic heterocycles. The van der Waals surface area contributed by atoms with Crippen molar-refractivity contribution in [3.63, 3.8) is 0 Å². The van der Waals surface area contributed by atoms with Crippen LogP contribution >= 0.6 is 0 Å². The topological polar surface area (TPSA) is 29.3 Å². The standard InChI is InChI=1S/C47H32N2O/c1-3-13-33(14-4-1)37-19-9-21-40(31-37)49(41-22-10-20-38(32-41)43-24-11-18-34-15-7-8-23-42(34)43)39-29-27-35(28-30-39)44-25-12-26-45-46(44)50-47(48-45)36-16-5-2-6-17-36/h1-32H. The second-order valence-corrected chi connectivity index (χ2v) is 12.4. The maximum atomic E-state index is 6.38. The van der Waals surface area contributed by atoms with E-state index in [1.807, 2.05) is 42.5 Å². The van der Waals surface area contributed by atoms with Gasteiger partial charge < -0.3 is 9.32 Å². The molecule has 236 valence electrons. The van der Waals surface area contributed by atoms with Gasteiger partial charge in [0.25, 0.3) is 0 Å². The Morgan fingerprint density at radius 1 is 0.380 bits per heavy atom. The van der Waals surface area contributed by atoms with Crippen molar-refractivity contribution in [2.45, 2.75) is 0 Å². The fourth-order valence-electron chi connectivity index (χ4n) is 6.86. The predicted molar refractivity (Wildman–Crippen MR) is 208 cm³/mol. The maximum absolute atomic E-state index is 6.38. The van der Waals surface area contributed by atoms with Gasteiger partial charge in [-0.2, -0.15) is 0 Å². The van der Waals surface area contributed by atoms with E-state index in [1.54, 1.807) is 0 Å². The molecule has 9 rings (SSSR count). The van der Waals surface area contributed by atoms with Crippen LogP contribution in [-0.2, 0) is 0 Å². The van der Waals surface area contributed by atoms with Gasteiger partial charge in [0.1, 0.15) is 5.52 Å². The first-order valence-corrected chi connectivity index (χ1v) is 16.9. The second-order valence-electron chi connectivity index (χ2n) is 12.4. The minimum Gasteiger partial charge on any atom is -0.435 e. The molecule has 0 spiro atoms. The van der Waals surface area contributed by atoms with E-state index in [0.717, 1.165) is 44.9 Å².